The van der Waals surface area contributed by atoms with Gasteiger partial charge in [0.15, 0.2) is 11.8 Å². The summed E-state index contributed by atoms with van der Waals surface area (Å²) in [6, 6.07) is 21.0. The highest BCUT2D eigenvalue weighted by molar-refractivity contribution is 6.34. The summed E-state index contributed by atoms with van der Waals surface area (Å²) in [5, 5.41) is 17.1. The largest absolute Gasteiger partial charge is 0.493 e. The zero-order valence-electron chi connectivity index (χ0n) is 36.9. The number of hydrazine groups is 1. The van der Waals surface area contributed by atoms with E-state index in [4.69, 9.17) is 16.3 Å². The molecule has 0 aliphatic rings. The lowest BCUT2D eigenvalue weighted by Gasteiger charge is -2.30. The first-order chi connectivity index (χ1) is 29.3. The summed E-state index contributed by atoms with van der Waals surface area (Å²) in [4.78, 5) is 65.3. The number of nitrogens with zero attached hydrogens (tertiary/aromatic N) is 3. The maximum atomic E-state index is 14.2. The first-order valence-electron chi connectivity index (χ1n) is 20.7. The molecule has 5 aromatic rings. The summed E-state index contributed by atoms with van der Waals surface area (Å²) in [7, 11) is 0. The number of amides is 4. The van der Waals surface area contributed by atoms with E-state index in [1.165, 1.54) is 16.3 Å². The second kappa shape index (κ2) is 19.6. The fraction of sp³-hybridized carbons (Fsp3) is 0.383. The van der Waals surface area contributed by atoms with Gasteiger partial charge in [0.25, 0.3) is 11.8 Å². The molecule has 14 nitrogen and oxygen atoms in total. The predicted octanol–water partition coefficient (Wildman–Crippen LogP) is 9.38. The normalized spacial score (nSPS) is 12.3. The van der Waals surface area contributed by atoms with Crippen LogP contribution in [0.5, 0.6) is 5.75 Å². The van der Waals surface area contributed by atoms with Crippen molar-refractivity contribution in [1.29, 1.82) is 0 Å². The minimum absolute atomic E-state index is 0.0376. The summed E-state index contributed by atoms with van der Waals surface area (Å²) < 4.78 is 7.47. The summed E-state index contributed by atoms with van der Waals surface area (Å²) in [5.74, 6) is -1.14. The minimum Gasteiger partial charge on any atom is -0.493 e. The Morgan fingerprint density at radius 2 is 1.48 bits per heavy atom. The highest BCUT2D eigenvalue weighted by Crippen LogP contribution is 2.39. The van der Waals surface area contributed by atoms with Crippen LogP contribution in [0.25, 0.3) is 11.0 Å². The fourth-order valence-electron chi connectivity index (χ4n) is 6.57. The third-order valence-electron chi connectivity index (χ3n) is 11.2. The number of fused-ring (bicyclic) bond motifs is 1. The van der Waals surface area contributed by atoms with E-state index in [-0.39, 0.29) is 50.5 Å². The maximum Gasteiger partial charge on any atom is 0.258 e. The van der Waals surface area contributed by atoms with E-state index in [9.17, 15) is 24.0 Å². The van der Waals surface area contributed by atoms with E-state index in [1.54, 1.807) is 75.4 Å². The van der Waals surface area contributed by atoms with Gasteiger partial charge < -0.3 is 20.7 Å². The van der Waals surface area contributed by atoms with Gasteiger partial charge in [0, 0.05) is 28.8 Å². The summed E-state index contributed by atoms with van der Waals surface area (Å²) in [6.45, 7) is 18.7. The van der Waals surface area contributed by atoms with E-state index < -0.39 is 29.1 Å². The van der Waals surface area contributed by atoms with Gasteiger partial charge in [-0.05, 0) is 96.3 Å². The molecule has 0 bridgehead atoms. The molecule has 1 aromatic heterocycles. The number of ketones is 1. The maximum absolute atomic E-state index is 14.2. The van der Waals surface area contributed by atoms with Crippen LogP contribution >= 0.6 is 11.6 Å². The van der Waals surface area contributed by atoms with Crippen LogP contribution in [-0.4, -0.2) is 51.5 Å². The van der Waals surface area contributed by atoms with E-state index in [0.29, 0.717) is 36.5 Å². The molecule has 5 rings (SSSR count). The molecular weight excluding hydrogens is 808 g/mol. The summed E-state index contributed by atoms with van der Waals surface area (Å²) in [5.41, 5.74) is 8.62. The Kier molecular flexibility index (Phi) is 14.8. The number of Topliss-reactive ketones (excluding diaryl/α,β-unsaturated/α-hetero) is 1. The molecule has 1 heterocycles. The molecule has 0 aliphatic heterocycles. The van der Waals surface area contributed by atoms with Gasteiger partial charge in [0.1, 0.15) is 11.3 Å². The fourth-order valence-corrected chi connectivity index (χ4v) is 6.74. The van der Waals surface area contributed by atoms with Crippen molar-refractivity contribution < 1.29 is 28.7 Å². The Balaban J connectivity index is 1.28. The lowest BCUT2D eigenvalue weighted by Crippen LogP contribution is -2.39. The lowest BCUT2D eigenvalue weighted by molar-refractivity contribution is -0.135. The van der Waals surface area contributed by atoms with Crippen LogP contribution in [0.1, 0.15) is 116 Å². The second-order valence-corrected chi connectivity index (χ2v) is 17.9. The Morgan fingerprint density at radius 3 is 2.15 bits per heavy atom. The molecule has 0 fully saturated rings. The molecule has 0 saturated heterocycles. The second-order valence-electron chi connectivity index (χ2n) is 17.5. The highest BCUT2D eigenvalue weighted by Gasteiger charge is 2.38. The zero-order valence-corrected chi connectivity index (χ0v) is 37.6. The number of halogens is 1. The predicted molar refractivity (Wildman–Crippen MR) is 245 cm³/mol. The molecule has 5 N–H and O–H groups in total. The summed E-state index contributed by atoms with van der Waals surface area (Å²) in [6.07, 6.45) is 3.10. The molecule has 4 amide bonds. The van der Waals surface area contributed by atoms with Crippen molar-refractivity contribution in [1.82, 2.24) is 20.4 Å². The topological polar surface area (TPSA) is 185 Å². The third-order valence-corrected chi connectivity index (χ3v) is 11.5. The van der Waals surface area contributed by atoms with Gasteiger partial charge in [-0.3, -0.25) is 34.8 Å². The molecule has 4 aromatic carbocycles. The number of hydrogen-bond acceptors (Lipinski definition) is 9. The number of ether oxygens (including phenoxy) is 1. The molecule has 0 saturated carbocycles. The van der Waals surface area contributed by atoms with Crippen molar-refractivity contribution in [2.24, 2.45) is 5.41 Å². The highest BCUT2D eigenvalue weighted by atomic mass is 35.5. The molecule has 1 unspecified atom stereocenters. The average Bonchev–Trinajstić information content (AvgIpc) is 3.66. The van der Waals surface area contributed by atoms with Crippen LogP contribution in [0.4, 0.5) is 22.7 Å². The summed E-state index contributed by atoms with van der Waals surface area (Å²) >= 11 is 6.55. The number of anilines is 4. The molecule has 15 heteroatoms. The van der Waals surface area contributed by atoms with E-state index in [2.05, 4.69) is 90.8 Å². The smallest absolute Gasteiger partial charge is 0.258 e. The van der Waals surface area contributed by atoms with Gasteiger partial charge in [-0.15, -0.1) is 5.10 Å². The SMILES string of the molecule is CCC(C)(C)c1ccc(OCCCC(=O)Nc2ccc(Cl)c(NC(=O)C(C(=O)C(C)(C)C)n3nnc4c(C(=O)Nc5ccc(NNC=O)cc5)cccc43)c2)c(C(C)(C)CC)c1. The zero-order chi connectivity index (χ0) is 45.4. The van der Waals surface area contributed by atoms with Crippen molar-refractivity contribution in [3.8, 4) is 5.75 Å². The number of carbonyl (C=O) groups excluding carboxylic acids is 5. The van der Waals surface area contributed by atoms with Crippen molar-refractivity contribution in [3.05, 3.63) is 101 Å². The molecular formula is C47H57ClN8O6. The van der Waals surface area contributed by atoms with Gasteiger partial charge in [-0.1, -0.05) is 97.3 Å². The van der Waals surface area contributed by atoms with Gasteiger partial charge >= 0.3 is 0 Å². The Bertz CT molecular complexity index is 2440. The van der Waals surface area contributed by atoms with E-state index in [0.717, 1.165) is 24.2 Å². The van der Waals surface area contributed by atoms with Crippen molar-refractivity contribution in [3.63, 3.8) is 0 Å². The Labute approximate surface area is 367 Å². The van der Waals surface area contributed by atoms with Crippen LogP contribution in [0.2, 0.25) is 5.02 Å². The molecule has 328 valence electrons. The van der Waals surface area contributed by atoms with Crippen LogP contribution in [0.3, 0.4) is 0 Å². The van der Waals surface area contributed by atoms with Crippen molar-refractivity contribution >= 4 is 75.3 Å². The van der Waals surface area contributed by atoms with Gasteiger partial charge in [0.2, 0.25) is 12.3 Å². The first-order valence-corrected chi connectivity index (χ1v) is 21.1. The average molecular weight is 865 g/mol. The van der Waals surface area contributed by atoms with Gasteiger partial charge in [0.05, 0.1) is 34.1 Å². The van der Waals surface area contributed by atoms with Crippen LogP contribution in [0, 0.1) is 5.41 Å². The Hall–Kier alpha value is -6.28. The minimum atomic E-state index is -1.51. The first kappa shape index (κ1) is 46.8. The van der Waals surface area contributed by atoms with E-state index >= 15 is 0 Å². The van der Waals surface area contributed by atoms with Gasteiger partial charge in [-0.25, -0.2) is 4.68 Å². The molecule has 1 atom stereocenters. The number of aromatic nitrogens is 3. The lowest BCUT2D eigenvalue weighted by atomic mass is 9.76. The van der Waals surface area contributed by atoms with E-state index in [1.807, 2.05) is 6.07 Å². The standard InChI is InChI=1S/C47H57ClN8O6/c1-10-46(6,7)29-17-24-38(34(26-29)47(8,9)11-2)62-25-13-16-39(58)50-32-22-23-35(48)36(27-32)52-44(61)41(42(59)45(3,4)5)56-37-15-12-14-33(40(37)54-55-56)43(60)51-30-18-20-31(21-19-30)53-49-28-57/h12,14-15,17-24,26-28,41,53H,10-11,13,16,25H2,1-9H3,(H,49,57)(H,50,58)(H,51,60)(H,52,61). The van der Waals surface area contributed by atoms with Crippen LogP contribution in [0.15, 0.2) is 78.9 Å². The third kappa shape index (κ3) is 11.1. The molecule has 0 radical (unpaired) electrons. The molecule has 0 spiro atoms. The number of carbonyl (C=O) groups is 5. The monoisotopic (exact) mass is 864 g/mol. The number of rotatable bonds is 19. The quantitative estimate of drug-likeness (QED) is 0.0233. The number of benzene rings is 4. The number of hydrogen-bond donors (Lipinski definition) is 5. The van der Waals surface area contributed by atoms with Crippen molar-refractivity contribution in [2.75, 3.05) is 28.0 Å². The molecule has 0 aliphatic carbocycles. The van der Waals surface area contributed by atoms with Crippen molar-refractivity contribution in [2.45, 2.75) is 105 Å². The van der Waals surface area contributed by atoms with Crippen LogP contribution < -0.4 is 31.5 Å². The van der Waals surface area contributed by atoms with Crippen LogP contribution in [-0.2, 0) is 30.0 Å². The van der Waals surface area contributed by atoms with Gasteiger partial charge in [-0.2, -0.15) is 0 Å². The number of nitrogens with one attached hydrogen (secondary N) is 5. The Morgan fingerprint density at radius 1 is 0.806 bits per heavy atom. The molecule has 62 heavy (non-hydrogen) atoms.